The van der Waals surface area contributed by atoms with Gasteiger partial charge in [0.05, 0.1) is 22.2 Å². The van der Waals surface area contributed by atoms with Crippen molar-refractivity contribution in [3.63, 3.8) is 0 Å². The number of nitrogens with zero attached hydrogens (tertiary/aromatic N) is 1. The SMILES string of the molecule is CC(C)OP(=O)(OC(C)C)C(C)Nc1cc(Oc2ccc(Cl)cc2Cl)ccc1[N+](=O)[O-]. The highest BCUT2D eigenvalue weighted by Gasteiger charge is 2.36. The molecule has 0 heterocycles. The van der Waals surface area contributed by atoms with E-state index in [1.165, 1.54) is 24.3 Å². The Hall–Kier alpha value is -1.83. The molecule has 1 atom stereocenters. The Balaban J connectivity index is 2.37. The fraction of sp³-hybridized carbons (Fsp3) is 0.400. The molecule has 0 radical (unpaired) electrons. The normalized spacial score (nSPS) is 12.8. The molecule has 1 N–H and O–H groups in total. The molecule has 0 saturated heterocycles. The second-order valence-corrected chi connectivity index (χ2v) is 10.4. The number of anilines is 1. The Morgan fingerprint density at radius 2 is 1.61 bits per heavy atom. The lowest BCUT2D eigenvalue weighted by Crippen LogP contribution is -2.23. The van der Waals surface area contributed by atoms with Gasteiger partial charge in [0.2, 0.25) is 0 Å². The zero-order chi connectivity index (χ0) is 23.3. The summed E-state index contributed by atoms with van der Waals surface area (Å²) in [5, 5.41) is 15.2. The average molecular weight is 491 g/mol. The van der Waals surface area contributed by atoms with Crippen molar-refractivity contribution in [1.82, 2.24) is 0 Å². The van der Waals surface area contributed by atoms with E-state index in [2.05, 4.69) is 5.32 Å². The summed E-state index contributed by atoms with van der Waals surface area (Å²) in [5.74, 6) is -0.254. The van der Waals surface area contributed by atoms with Crippen LogP contribution in [-0.2, 0) is 13.6 Å². The van der Waals surface area contributed by atoms with Crippen molar-refractivity contribution in [2.24, 2.45) is 0 Å². The maximum atomic E-state index is 13.3. The van der Waals surface area contributed by atoms with Gasteiger partial charge in [-0.2, -0.15) is 0 Å². The minimum Gasteiger partial charge on any atom is -0.456 e. The molecule has 0 aliphatic heterocycles. The summed E-state index contributed by atoms with van der Waals surface area (Å²) in [6.45, 7) is 8.51. The Labute approximate surface area is 191 Å². The number of hydrogen-bond acceptors (Lipinski definition) is 7. The Kier molecular flexibility index (Phi) is 8.74. The van der Waals surface area contributed by atoms with E-state index in [1.54, 1.807) is 46.8 Å². The molecule has 0 fully saturated rings. The van der Waals surface area contributed by atoms with Crippen LogP contribution in [0, 0.1) is 10.1 Å². The molecule has 0 saturated carbocycles. The van der Waals surface area contributed by atoms with E-state index < -0.39 is 18.3 Å². The number of hydrogen-bond donors (Lipinski definition) is 1. The molecular formula is C20H25Cl2N2O6P. The Morgan fingerprint density at radius 3 is 2.13 bits per heavy atom. The molecule has 8 nitrogen and oxygen atoms in total. The molecule has 11 heteroatoms. The standard InChI is InChI=1S/C20H25Cl2N2O6P/c1-12(2)29-31(27,30-13(3)4)14(5)23-18-11-16(7-8-19(18)24(25)26)28-20-9-6-15(21)10-17(20)22/h6-14,23H,1-5H3. The van der Waals surface area contributed by atoms with E-state index in [-0.39, 0.29) is 34.4 Å². The molecule has 0 aliphatic rings. The van der Waals surface area contributed by atoms with Crippen LogP contribution >= 0.6 is 30.8 Å². The third kappa shape index (κ3) is 7.09. The van der Waals surface area contributed by atoms with E-state index in [4.69, 9.17) is 37.0 Å². The predicted octanol–water partition coefficient (Wildman–Crippen LogP) is 7.49. The third-order valence-corrected chi connectivity index (χ3v) is 6.88. The second kappa shape index (κ2) is 10.7. The van der Waals surface area contributed by atoms with Crippen LogP contribution < -0.4 is 10.1 Å². The van der Waals surface area contributed by atoms with Gasteiger partial charge >= 0.3 is 7.60 Å². The first kappa shape index (κ1) is 25.4. The van der Waals surface area contributed by atoms with Gasteiger partial charge in [0.1, 0.15) is 23.0 Å². The summed E-state index contributed by atoms with van der Waals surface area (Å²) in [6.07, 6.45) is -0.740. The van der Waals surface area contributed by atoms with Crippen LogP contribution in [0.4, 0.5) is 11.4 Å². The van der Waals surface area contributed by atoms with E-state index in [0.717, 1.165) is 0 Å². The molecular weight excluding hydrogens is 466 g/mol. The highest BCUT2D eigenvalue weighted by atomic mass is 35.5. The van der Waals surface area contributed by atoms with E-state index in [9.17, 15) is 14.7 Å². The van der Waals surface area contributed by atoms with Crippen LogP contribution in [0.3, 0.4) is 0 Å². The number of nitro benzene ring substituents is 1. The summed E-state index contributed by atoms with van der Waals surface area (Å²) < 4.78 is 30.2. The maximum Gasteiger partial charge on any atom is 0.352 e. The number of nitro groups is 1. The van der Waals surface area contributed by atoms with Gasteiger partial charge in [-0.25, -0.2) is 0 Å². The molecule has 0 spiro atoms. The largest absolute Gasteiger partial charge is 0.456 e. The summed E-state index contributed by atoms with van der Waals surface area (Å²) >= 11 is 12.0. The second-order valence-electron chi connectivity index (χ2n) is 7.28. The van der Waals surface area contributed by atoms with Gasteiger partial charge in [-0.3, -0.25) is 14.7 Å². The molecule has 2 aromatic rings. The lowest BCUT2D eigenvalue weighted by atomic mass is 10.2. The van der Waals surface area contributed by atoms with Gasteiger partial charge in [-0.05, 0) is 58.9 Å². The molecule has 0 aliphatic carbocycles. The van der Waals surface area contributed by atoms with E-state index in [1.807, 2.05) is 0 Å². The number of benzene rings is 2. The molecule has 170 valence electrons. The van der Waals surface area contributed by atoms with Crippen molar-refractivity contribution in [3.05, 3.63) is 56.6 Å². The summed E-state index contributed by atoms with van der Waals surface area (Å²) in [5.41, 5.74) is -0.123. The van der Waals surface area contributed by atoms with Gasteiger partial charge in [-0.15, -0.1) is 0 Å². The molecule has 1 unspecified atom stereocenters. The molecule has 0 aromatic heterocycles. The third-order valence-electron chi connectivity index (χ3n) is 3.84. The topological polar surface area (TPSA) is 99.9 Å². The first-order valence-corrected chi connectivity index (χ1v) is 11.9. The zero-order valence-electron chi connectivity index (χ0n) is 17.8. The first-order chi connectivity index (χ1) is 14.4. The van der Waals surface area contributed by atoms with Crippen LogP contribution in [0.15, 0.2) is 36.4 Å². The van der Waals surface area contributed by atoms with Crippen molar-refractivity contribution in [3.8, 4) is 11.5 Å². The van der Waals surface area contributed by atoms with Crippen LogP contribution in [0.2, 0.25) is 10.0 Å². The summed E-state index contributed by atoms with van der Waals surface area (Å²) in [4.78, 5) is 11.0. The predicted molar refractivity (Wildman–Crippen MR) is 123 cm³/mol. The molecule has 0 amide bonds. The molecule has 31 heavy (non-hydrogen) atoms. The molecule has 2 aromatic carbocycles. The van der Waals surface area contributed by atoms with Crippen LogP contribution in [-0.4, -0.2) is 22.9 Å². The number of nitrogens with one attached hydrogen (secondary N) is 1. The van der Waals surface area contributed by atoms with Gasteiger partial charge in [0.25, 0.3) is 5.69 Å². The fourth-order valence-corrected chi connectivity index (χ4v) is 4.97. The summed E-state index contributed by atoms with van der Waals surface area (Å²) in [7, 11) is -3.64. The van der Waals surface area contributed by atoms with Crippen molar-refractivity contribution >= 4 is 42.2 Å². The highest BCUT2D eigenvalue weighted by Crippen LogP contribution is 2.55. The Morgan fingerprint density at radius 1 is 1.00 bits per heavy atom. The lowest BCUT2D eigenvalue weighted by molar-refractivity contribution is -0.384. The van der Waals surface area contributed by atoms with Crippen LogP contribution in [0.5, 0.6) is 11.5 Å². The zero-order valence-corrected chi connectivity index (χ0v) is 20.2. The fourth-order valence-electron chi connectivity index (χ4n) is 2.64. The average Bonchev–Trinajstić information content (AvgIpc) is 2.62. The number of ether oxygens (including phenoxy) is 1. The summed E-state index contributed by atoms with van der Waals surface area (Å²) in [6, 6.07) is 8.86. The quantitative estimate of drug-likeness (QED) is 0.209. The van der Waals surface area contributed by atoms with Gasteiger partial charge < -0.3 is 19.1 Å². The molecule has 0 bridgehead atoms. The van der Waals surface area contributed by atoms with Crippen molar-refractivity contribution in [2.75, 3.05) is 5.32 Å². The number of rotatable bonds is 10. The smallest absolute Gasteiger partial charge is 0.352 e. The maximum absolute atomic E-state index is 13.3. The highest BCUT2D eigenvalue weighted by molar-refractivity contribution is 7.54. The first-order valence-electron chi connectivity index (χ1n) is 9.55. The minimum absolute atomic E-state index is 0.0972. The van der Waals surface area contributed by atoms with Gasteiger partial charge in [-0.1, -0.05) is 23.2 Å². The van der Waals surface area contributed by atoms with Gasteiger partial charge in [0.15, 0.2) is 0 Å². The minimum atomic E-state index is -3.64. The van der Waals surface area contributed by atoms with Crippen molar-refractivity contribution < 1.29 is 23.3 Å². The monoisotopic (exact) mass is 490 g/mol. The number of halogens is 2. The Bertz CT molecular complexity index is 972. The van der Waals surface area contributed by atoms with Crippen molar-refractivity contribution in [2.45, 2.75) is 52.6 Å². The van der Waals surface area contributed by atoms with Crippen LogP contribution in [0.25, 0.3) is 0 Å². The van der Waals surface area contributed by atoms with Crippen molar-refractivity contribution in [1.29, 1.82) is 0 Å². The lowest BCUT2D eigenvalue weighted by Gasteiger charge is -2.28. The van der Waals surface area contributed by atoms with Crippen LogP contribution in [0.1, 0.15) is 34.6 Å². The van der Waals surface area contributed by atoms with E-state index >= 15 is 0 Å². The van der Waals surface area contributed by atoms with Gasteiger partial charge in [0, 0.05) is 17.2 Å². The van der Waals surface area contributed by atoms with E-state index in [0.29, 0.717) is 10.8 Å². The molecule has 2 rings (SSSR count).